The van der Waals surface area contributed by atoms with Crippen molar-refractivity contribution >= 4 is 60.8 Å². The van der Waals surface area contributed by atoms with E-state index in [1.807, 2.05) is 69.3 Å². The molecular weight excluding hydrogens is 574 g/mol. The summed E-state index contributed by atoms with van der Waals surface area (Å²) < 4.78 is 14.1. The first-order valence-corrected chi connectivity index (χ1v) is 14.5. The first-order chi connectivity index (χ1) is 17.7. The molecule has 1 aliphatic heterocycles. The number of nitrogens with zero attached hydrogens (tertiary/aromatic N) is 2. The molecule has 192 valence electrons. The van der Waals surface area contributed by atoms with E-state index in [2.05, 4.69) is 21.2 Å². The summed E-state index contributed by atoms with van der Waals surface area (Å²) >= 11 is 6.13. The van der Waals surface area contributed by atoms with Crippen molar-refractivity contribution in [2.75, 3.05) is 17.7 Å². The van der Waals surface area contributed by atoms with Crippen molar-refractivity contribution in [2.45, 2.75) is 44.6 Å². The normalized spacial score (nSPS) is 14.4. The van der Waals surface area contributed by atoms with E-state index in [4.69, 9.17) is 14.5 Å². The number of ether oxygens (including phenoxy) is 2. The SMILES string of the molecule is CCOc1ccc(-n2c(SCC(=O)Nc3ccc(Br)cc3)nc3sc4c(c3c2=O)CC(C)(C)OC4)cc1. The average molecular weight is 601 g/mol. The number of amides is 1. The molecule has 2 aromatic carbocycles. The van der Waals surface area contributed by atoms with E-state index in [1.165, 1.54) is 23.1 Å². The van der Waals surface area contributed by atoms with Crippen LogP contribution in [0.1, 0.15) is 31.2 Å². The number of aromatic nitrogens is 2. The van der Waals surface area contributed by atoms with Gasteiger partial charge in [0.15, 0.2) is 5.16 Å². The molecular formula is C27H26BrN3O4S2. The average Bonchev–Trinajstić information content (AvgIpc) is 3.22. The zero-order valence-electron chi connectivity index (χ0n) is 20.7. The third-order valence-electron chi connectivity index (χ3n) is 5.94. The molecule has 37 heavy (non-hydrogen) atoms. The number of nitrogens with one attached hydrogen (secondary N) is 1. The molecule has 5 rings (SSSR count). The van der Waals surface area contributed by atoms with Crippen LogP contribution in [0.25, 0.3) is 15.9 Å². The Morgan fingerprint density at radius 2 is 1.95 bits per heavy atom. The van der Waals surface area contributed by atoms with E-state index in [0.29, 0.717) is 46.4 Å². The highest BCUT2D eigenvalue weighted by Crippen LogP contribution is 2.38. The zero-order valence-corrected chi connectivity index (χ0v) is 23.9. The van der Waals surface area contributed by atoms with Crippen LogP contribution in [0.5, 0.6) is 5.75 Å². The molecule has 0 radical (unpaired) electrons. The molecule has 7 nitrogen and oxygen atoms in total. The Labute approximate surface area is 231 Å². The molecule has 0 saturated heterocycles. The van der Waals surface area contributed by atoms with Crippen molar-refractivity contribution in [2.24, 2.45) is 0 Å². The minimum atomic E-state index is -0.351. The van der Waals surface area contributed by atoms with E-state index >= 15 is 0 Å². The highest BCUT2D eigenvalue weighted by atomic mass is 79.9. The number of hydrogen-bond acceptors (Lipinski definition) is 7. The smallest absolute Gasteiger partial charge is 0.267 e. The third-order valence-corrected chi connectivity index (χ3v) is 8.51. The summed E-state index contributed by atoms with van der Waals surface area (Å²) in [6.07, 6.45) is 0.643. The second-order valence-corrected chi connectivity index (χ2v) is 12.2. The number of carbonyl (C=O) groups is 1. The number of thioether (sulfide) groups is 1. The van der Waals surface area contributed by atoms with Crippen molar-refractivity contribution < 1.29 is 14.3 Å². The van der Waals surface area contributed by atoms with Gasteiger partial charge in [-0.05, 0) is 74.9 Å². The van der Waals surface area contributed by atoms with Gasteiger partial charge in [0.1, 0.15) is 10.6 Å². The lowest BCUT2D eigenvalue weighted by Gasteiger charge is -2.29. The fraction of sp³-hybridized carbons (Fsp3) is 0.296. The maximum Gasteiger partial charge on any atom is 0.267 e. The Morgan fingerprint density at radius 3 is 2.65 bits per heavy atom. The van der Waals surface area contributed by atoms with E-state index in [-0.39, 0.29) is 22.8 Å². The second-order valence-electron chi connectivity index (χ2n) is 9.21. The highest BCUT2D eigenvalue weighted by molar-refractivity contribution is 9.10. The van der Waals surface area contributed by atoms with Gasteiger partial charge in [0.25, 0.3) is 5.56 Å². The van der Waals surface area contributed by atoms with Crippen LogP contribution < -0.4 is 15.6 Å². The van der Waals surface area contributed by atoms with Gasteiger partial charge in [0.2, 0.25) is 5.91 Å². The number of benzene rings is 2. The lowest BCUT2D eigenvalue weighted by Crippen LogP contribution is -2.32. The van der Waals surface area contributed by atoms with Crippen LogP contribution in [0.3, 0.4) is 0 Å². The number of thiophene rings is 1. The summed E-state index contributed by atoms with van der Waals surface area (Å²) in [6, 6.07) is 14.7. The first kappa shape index (κ1) is 26.0. The minimum absolute atomic E-state index is 0.103. The van der Waals surface area contributed by atoms with Gasteiger partial charge in [0.05, 0.1) is 35.6 Å². The Balaban J connectivity index is 1.53. The summed E-state index contributed by atoms with van der Waals surface area (Å²) in [6.45, 7) is 7.01. The van der Waals surface area contributed by atoms with E-state index in [0.717, 1.165) is 20.7 Å². The summed E-state index contributed by atoms with van der Waals surface area (Å²) in [5.74, 6) is 0.649. The Hall–Kier alpha value is -2.66. The van der Waals surface area contributed by atoms with E-state index < -0.39 is 0 Å². The van der Waals surface area contributed by atoms with Crippen LogP contribution in [-0.4, -0.2) is 33.4 Å². The number of carbonyl (C=O) groups excluding carboxylic acids is 1. The van der Waals surface area contributed by atoms with E-state index in [9.17, 15) is 9.59 Å². The van der Waals surface area contributed by atoms with Gasteiger partial charge >= 0.3 is 0 Å². The number of halogens is 1. The fourth-order valence-electron chi connectivity index (χ4n) is 4.22. The number of hydrogen-bond donors (Lipinski definition) is 1. The van der Waals surface area contributed by atoms with Crippen molar-refractivity contribution in [1.29, 1.82) is 0 Å². The lowest BCUT2D eigenvalue weighted by molar-refractivity contribution is -0.113. The standard InChI is InChI=1S/C27H26BrN3O4S2/c1-4-34-19-11-9-18(10-12-19)31-25(33)23-20-13-27(2,3)35-14-21(20)37-24(23)30-26(31)36-15-22(32)29-17-7-5-16(28)6-8-17/h5-12H,4,13-15H2,1-3H3,(H,29,32). The van der Waals surface area contributed by atoms with Crippen LogP contribution in [0.2, 0.25) is 0 Å². The molecule has 0 atom stereocenters. The number of rotatable bonds is 7. The summed E-state index contributed by atoms with van der Waals surface area (Å²) in [4.78, 5) is 33.3. The lowest BCUT2D eigenvalue weighted by atomic mass is 9.94. The molecule has 0 saturated carbocycles. The van der Waals surface area contributed by atoms with Gasteiger partial charge in [-0.3, -0.25) is 14.2 Å². The summed E-state index contributed by atoms with van der Waals surface area (Å²) in [7, 11) is 0. The van der Waals surface area contributed by atoms with Gasteiger partial charge in [-0.15, -0.1) is 11.3 Å². The van der Waals surface area contributed by atoms with Gasteiger partial charge in [0, 0.05) is 21.5 Å². The molecule has 10 heteroatoms. The quantitative estimate of drug-likeness (QED) is 0.201. The van der Waals surface area contributed by atoms with Crippen molar-refractivity contribution in [3.8, 4) is 11.4 Å². The monoisotopic (exact) mass is 599 g/mol. The van der Waals surface area contributed by atoms with Crippen molar-refractivity contribution in [3.05, 3.63) is 73.8 Å². The second kappa shape index (κ2) is 10.6. The first-order valence-electron chi connectivity index (χ1n) is 11.9. The predicted molar refractivity (Wildman–Crippen MR) is 152 cm³/mol. The molecule has 0 spiro atoms. The molecule has 1 amide bonds. The molecule has 0 unspecified atom stereocenters. The van der Waals surface area contributed by atoms with Crippen LogP contribution in [0, 0.1) is 0 Å². The molecule has 2 aromatic heterocycles. The van der Waals surface area contributed by atoms with Crippen molar-refractivity contribution in [1.82, 2.24) is 9.55 Å². The molecule has 1 N–H and O–H groups in total. The topological polar surface area (TPSA) is 82.5 Å². The van der Waals surface area contributed by atoms with Crippen LogP contribution in [0.4, 0.5) is 5.69 Å². The zero-order chi connectivity index (χ0) is 26.2. The molecule has 0 bridgehead atoms. The number of fused-ring (bicyclic) bond motifs is 3. The summed E-state index contributed by atoms with van der Waals surface area (Å²) in [5.41, 5.74) is 1.90. The largest absolute Gasteiger partial charge is 0.494 e. The Kier molecular flexibility index (Phi) is 7.44. The molecule has 0 aliphatic carbocycles. The van der Waals surface area contributed by atoms with Crippen molar-refractivity contribution in [3.63, 3.8) is 0 Å². The number of anilines is 1. The van der Waals surface area contributed by atoms with Crippen LogP contribution >= 0.6 is 39.0 Å². The maximum atomic E-state index is 14.0. The predicted octanol–water partition coefficient (Wildman–Crippen LogP) is 6.19. The van der Waals surface area contributed by atoms with Gasteiger partial charge < -0.3 is 14.8 Å². The minimum Gasteiger partial charge on any atom is -0.494 e. The Morgan fingerprint density at radius 1 is 1.22 bits per heavy atom. The Bertz CT molecular complexity index is 1510. The molecule has 4 aromatic rings. The highest BCUT2D eigenvalue weighted by Gasteiger charge is 2.31. The molecule has 3 heterocycles. The maximum absolute atomic E-state index is 14.0. The van der Waals surface area contributed by atoms with Gasteiger partial charge in [-0.2, -0.15) is 0 Å². The van der Waals surface area contributed by atoms with Gasteiger partial charge in [-0.25, -0.2) is 4.98 Å². The van der Waals surface area contributed by atoms with E-state index in [1.54, 1.807) is 4.57 Å². The summed E-state index contributed by atoms with van der Waals surface area (Å²) in [5, 5.41) is 3.99. The van der Waals surface area contributed by atoms with Gasteiger partial charge in [-0.1, -0.05) is 27.7 Å². The third kappa shape index (κ3) is 5.62. The molecule has 1 aliphatic rings. The van der Waals surface area contributed by atoms with Crippen LogP contribution in [0.15, 0.2) is 63.0 Å². The van der Waals surface area contributed by atoms with Crippen LogP contribution in [-0.2, 0) is 22.6 Å². The molecule has 0 fully saturated rings. The fourth-order valence-corrected chi connectivity index (χ4v) is 6.44.